The molecule has 1 aliphatic rings. The lowest BCUT2D eigenvalue weighted by Crippen LogP contribution is -2.39. The van der Waals surface area contributed by atoms with Crippen LogP contribution in [0.2, 0.25) is 0 Å². The first-order valence-electron chi connectivity index (χ1n) is 7.20. The number of nitrogens with zero attached hydrogens (tertiary/aromatic N) is 1. The second-order valence-corrected chi connectivity index (χ2v) is 5.52. The molecule has 0 aromatic rings. The van der Waals surface area contributed by atoms with Crippen LogP contribution in [0.4, 0.5) is 0 Å². The summed E-state index contributed by atoms with van der Waals surface area (Å²) >= 11 is 0. The molecule has 0 bridgehead atoms. The van der Waals surface area contributed by atoms with E-state index in [0.717, 1.165) is 18.5 Å². The molecule has 0 aromatic heterocycles. The minimum Gasteiger partial charge on any atom is -0.299 e. The predicted molar refractivity (Wildman–Crippen MR) is 77.2 cm³/mol. The molecule has 0 radical (unpaired) electrons. The van der Waals surface area contributed by atoms with Crippen LogP contribution < -0.4 is 0 Å². The van der Waals surface area contributed by atoms with Crippen molar-refractivity contribution in [3.8, 4) is 0 Å². The molecule has 0 saturated heterocycles. The highest BCUT2D eigenvalue weighted by Crippen LogP contribution is 2.27. The maximum Gasteiger partial charge on any atom is 0.0230 e. The van der Waals surface area contributed by atoms with Crippen molar-refractivity contribution in [2.45, 2.75) is 58.4 Å². The molecule has 1 saturated carbocycles. The monoisotopic (exact) mass is 235 g/mol. The molecule has 0 heterocycles. The topological polar surface area (TPSA) is 3.24 Å². The van der Waals surface area contributed by atoms with Gasteiger partial charge in [0.15, 0.2) is 0 Å². The quantitative estimate of drug-likeness (QED) is 0.616. The van der Waals surface area contributed by atoms with Crippen LogP contribution in [-0.4, -0.2) is 24.5 Å². The minimum atomic E-state index is 0.772. The summed E-state index contributed by atoms with van der Waals surface area (Å²) in [5.74, 6) is 0.853. The van der Waals surface area contributed by atoms with Gasteiger partial charge in [-0.25, -0.2) is 0 Å². The van der Waals surface area contributed by atoms with Gasteiger partial charge in [-0.05, 0) is 37.8 Å². The van der Waals surface area contributed by atoms with Gasteiger partial charge in [-0.3, -0.25) is 4.90 Å². The third kappa shape index (κ3) is 4.67. The fraction of sp³-hybridized carbons (Fsp3) is 0.750. The van der Waals surface area contributed by atoms with Gasteiger partial charge in [0.05, 0.1) is 0 Å². The highest BCUT2D eigenvalue weighted by atomic mass is 15.1. The standard InChI is InChI=1S/C16H29N/c1-5-7-11-15(6-2)13-17(4)16-12-9-8-10-14(16)3/h6,11,14,16H,2,5,7-10,12-13H2,1,3-4H3/b15-11+. The molecule has 0 spiro atoms. The Morgan fingerprint density at radius 2 is 2.06 bits per heavy atom. The van der Waals surface area contributed by atoms with Crippen molar-refractivity contribution in [2.75, 3.05) is 13.6 Å². The summed E-state index contributed by atoms with van der Waals surface area (Å²) in [6.07, 6.45) is 12.4. The Morgan fingerprint density at radius 3 is 2.65 bits per heavy atom. The number of hydrogen-bond donors (Lipinski definition) is 0. The predicted octanol–water partition coefficient (Wildman–Crippen LogP) is 4.41. The molecule has 0 aliphatic heterocycles. The first-order chi connectivity index (χ1) is 8.19. The molecular weight excluding hydrogens is 206 g/mol. The first-order valence-corrected chi connectivity index (χ1v) is 7.20. The summed E-state index contributed by atoms with van der Waals surface area (Å²) in [6, 6.07) is 0.772. The van der Waals surface area contributed by atoms with Crippen LogP contribution in [0.3, 0.4) is 0 Å². The summed E-state index contributed by atoms with van der Waals surface area (Å²) in [7, 11) is 2.27. The molecule has 0 N–H and O–H groups in total. The molecular formula is C16H29N. The maximum absolute atomic E-state index is 3.94. The number of rotatable bonds is 6. The van der Waals surface area contributed by atoms with Crippen LogP contribution in [0.15, 0.2) is 24.3 Å². The summed E-state index contributed by atoms with van der Waals surface area (Å²) in [5, 5.41) is 0. The van der Waals surface area contributed by atoms with E-state index in [1.54, 1.807) is 0 Å². The van der Waals surface area contributed by atoms with Gasteiger partial charge in [-0.15, -0.1) is 0 Å². The molecule has 2 unspecified atom stereocenters. The summed E-state index contributed by atoms with van der Waals surface area (Å²) in [5.41, 5.74) is 1.40. The first kappa shape index (κ1) is 14.5. The van der Waals surface area contributed by atoms with E-state index in [1.165, 1.54) is 44.1 Å². The highest BCUT2D eigenvalue weighted by Gasteiger charge is 2.24. The third-order valence-electron chi connectivity index (χ3n) is 4.02. The van der Waals surface area contributed by atoms with E-state index in [1.807, 2.05) is 6.08 Å². The lowest BCUT2D eigenvalue weighted by Gasteiger charge is -2.36. The molecule has 1 rings (SSSR count). The lowest BCUT2D eigenvalue weighted by atomic mass is 9.85. The Morgan fingerprint density at radius 1 is 1.35 bits per heavy atom. The summed E-state index contributed by atoms with van der Waals surface area (Å²) < 4.78 is 0. The van der Waals surface area contributed by atoms with Gasteiger partial charge in [-0.1, -0.05) is 51.8 Å². The lowest BCUT2D eigenvalue weighted by molar-refractivity contribution is 0.150. The normalized spacial score (nSPS) is 26.2. The van der Waals surface area contributed by atoms with Gasteiger partial charge >= 0.3 is 0 Å². The van der Waals surface area contributed by atoms with E-state index in [-0.39, 0.29) is 0 Å². The van der Waals surface area contributed by atoms with E-state index >= 15 is 0 Å². The minimum absolute atomic E-state index is 0.772. The Hall–Kier alpha value is -0.560. The Labute approximate surface area is 108 Å². The van der Waals surface area contributed by atoms with Crippen molar-refractivity contribution in [1.82, 2.24) is 4.90 Å². The molecule has 1 heteroatoms. The van der Waals surface area contributed by atoms with Crippen molar-refractivity contribution >= 4 is 0 Å². The van der Waals surface area contributed by atoms with E-state index in [9.17, 15) is 0 Å². The molecule has 0 amide bonds. The van der Waals surface area contributed by atoms with Crippen LogP contribution in [0.1, 0.15) is 52.4 Å². The summed E-state index contributed by atoms with van der Waals surface area (Å²) in [6.45, 7) is 9.64. The molecule has 2 atom stereocenters. The average Bonchev–Trinajstić information content (AvgIpc) is 2.34. The summed E-state index contributed by atoms with van der Waals surface area (Å²) in [4.78, 5) is 2.53. The highest BCUT2D eigenvalue weighted by molar-refractivity contribution is 5.18. The largest absolute Gasteiger partial charge is 0.299 e. The number of hydrogen-bond acceptors (Lipinski definition) is 1. The number of allylic oxidation sites excluding steroid dienone is 1. The van der Waals surface area contributed by atoms with Crippen molar-refractivity contribution < 1.29 is 0 Å². The fourth-order valence-corrected chi connectivity index (χ4v) is 2.90. The van der Waals surface area contributed by atoms with Crippen LogP contribution in [0.25, 0.3) is 0 Å². The van der Waals surface area contributed by atoms with Crippen molar-refractivity contribution in [3.05, 3.63) is 24.3 Å². The average molecular weight is 235 g/mol. The van der Waals surface area contributed by atoms with Gasteiger partial charge < -0.3 is 0 Å². The van der Waals surface area contributed by atoms with Gasteiger partial charge in [-0.2, -0.15) is 0 Å². The number of unbranched alkanes of at least 4 members (excludes halogenated alkanes) is 1. The van der Waals surface area contributed by atoms with Crippen LogP contribution in [-0.2, 0) is 0 Å². The zero-order valence-electron chi connectivity index (χ0n) is 11.9. The zero-order valence-corrected chi connectivity index (χ0v) is 11.9. The van der Waals surface area contributed by atoms with E-state index in [0.29, 0.717) is 0 Å². The second kappa shape index (κ2) is 7.71. The van der Waals surface area contributed by atoms with Crippen molar-refractivity contribution in [1.29, 1.82) is 0 Å². The molecule has 17 heavy (non-hydrogen) atoms. The van der Waals surface area contributed by atoms with Crippen LogP contribution >= 0.6 is 0 Å². The van der Waals surface area contributed by atoms with E-state index in [4.69, 9.17) is 0 Å². The van der Waals surface area contributed by atoms with Crippen LogP contribution in [0.5, 0.6) is 0 Å². The van der Waals surface area contributed by atoms with Gasteiger partial charge in [0.1, 0.15) is 0 Å². The Balaban J connectivity index is 2.50. The molecule has 1 fully saturated rings. The fourth-order valence-electron chi connectivity index (χ4n) is 2.90. The van der Waals surface area contributed by atoms with Gasteiger partial charge in [0, 0.05) is 12.6 Å². The SMILES string of the molecule is C=C/C(=C\CCC)CN(C)C1CCCCC1C. The molecule has 1 nitrogen and oxygen atoms in total. The van der Waals surface area contributed by atoms with Crippen molar-refractivity contribution in [3.63, 3.8) is 0 Å². The molecule has 98 valence electrons. The van der Waals surface area contributed by atoms with Gasteiger partial charge in [0.25, 0.3) is 0 Å². The van der Waals surface area contributed by atoms with Gasteiger partial charge in [0.2, 0.25) is 0 Å². The number of likely N-dealkylation sites (N-methyl/N-ethyl adjacent to an activating group) is 1. The third-order valence-corrected chi connectivity index (χ3v) is 4.02. The molecule has 1 aliphatic carbocycles. The smallest absolute Gasteiger partial charge is 0.0230 e. The Bertz CT molecular complexity index is 254. The van der Waals surface area contributed by atoms with E-state index < -0.39 is 0 Å². The zero-order chi connectivity index (χ0) is 12.7. The maximum atomic E-state index is 3.94. The van der Waals surface area contributed by atoms with E-state index in [2.05, 4.69) is 38.5 Å². The van der Waals surface area contributed by atoms with Crippen LogP contribution in [0, 0.1) is 5.92 Å². The van der Waals surface area contributed by atoms with Crippen molar-refractivity contribution in [2.24, 2.45) is 5.92 Å². The Kier molecular flexibility index (Phi) is 6.57. The molecule has 0 aromatic carbocycles. The second-order valence-electron chi connectivity index (χ2n) is 5.52.